The monoisotopic (exact) mass is 549 g/mol. The van der Waals surface area contributed by atoms with Crippen LogP contribution >= 0.6 is 24.0 Å². The molecule has 1 aromatic heterocycles. The van der Waals surface area contributed by atoms with Gasteiger partial charge in [-0.3, -0.25) is 4.90 Å². The number of guanidine groups is 1. The Morgan fingerprint density at radius 2 is 1.94 bits per heavy atom. The molecular weight excluding hydrogens is 509 g/mol. The minimum atomic E-state index is 0. The van der Waals surface area contributed by atoms with Crippen LogP contribution in [0.25, 0.3) is 0 Å². The second kappa shape index (κ2) is 13.5. The molecule has 2 N–H and O–H groups in total. The molecule has 0 spiro atoms. The van der Waals surface area contributed by atoms with E-state index < -0.39 is 0 Å². The minimum absolute atomic E-state index is 0. The Balaban J connectivity index is 0.00000341. The number of hydrogen-bond donors (Lipinski definition) is 2. The van der Waals surface area contributed by atoms with E-state index in [1.165, 1.54) is 25.7 Å². The Morgan fingerprint density at radius 3 is 2.58 bits per heavy atom. The maximum absolute atomic E-state index is 5.44. The van der Waals surface area contributed by atoms with E-state index in [0.717, 1.165) is 76.6 Å². The van der Waals surface area contributed by atoms with Crippen LogP contribution in [0.5, 0.6) is 0 Å². The van der Waals surface area contributed by atoms with E-state index in [1.54, 1.807) is 7.11 Å². The number of nitrogens with one attached hydrogen (secondary N) is 2. The van der Waals surface area contributed by atoms with E-state index in [0.29, 0.717) is 12.0 Å². The molecule has 1 saturated carbocycles. The molecule has 31 heavy (non-hydrogen) atoms. The number of morpholine rings is 1. The molecule has 0 unspecified atom stereocenters. The average molecular weight is 550 g/mol. The zero-order chi connectivity index (χ0) is 21.2. The van der Waals surface area contributed by atoms with Crippen molar-refractivity contribution < 1.29 is 9.47 Å². The van der Waals surface area contributed by atoms with Crippen LogP contribution in [0.1, 0.15) is 43.8 Å². The first-order valence-electron chi connectivity index (χ1n) is 11.3. The van der Waals surface area contributed by atoms with Crippen molar-refractivity contribution in [2.24, 2.45) is 17.5 Å². The van der Waals surface area contributed by atoms with Crippen molar-refractivity contribution in [2.75, 3.05) is 59.7 Å². The Labute approximate surface area is 203 Å². The van der Waals surface area contributed by atoms with Crippen molar-refractivity contribution >= 4 is 29.9 Å². The van der Waals surface area contributed by atoms with Crippen molar-refractivity contribution in [1.29, 1.82) is 0 Å². The Hall–Kier alpha value is -0.980. The van der Waals surface area contributed by atoms with E-state index in [1.807, 2.05) is 18.5 Å². The number of aliphatic imine (C=N–C) groups is 1. The molecule has 0 aromatic carbocycles. The molecule has 2 fully saturated rings. The number of aryl methyl sites for hydroxylation is 1. The van der Waals surface area contributed by atoms with Gasteiger partial charge in [-0.1, -0.05) is 12.8 Å². The van der Waals surface area contributed by atoms with E-state index in [2.05, 4.69) is 25.7 Å². The highest BCUT2D eigenvalue weighted by atomic mass is 127. The summed E-state index contributed by atoms with van der Waals surface area (Å²) in [5.41, 5.74) is 0.310. The fraction of sp³-hybridized carbons (Fsp3) is 0.857. The summed E-state index contributed by atoms with van der Waals surface area (Å²) in [6.07, 6.45) is 6.22. The van der Waals surface area contributed by atoms with Crippen LogP contribution < -0.4 is 10.6 Å². The van der Waals surface area contributed by atoms with Gasteiger partial charge in [0, 0.05) is 53.5 Å². The summed E-state index contributed by atoms with van der Waals surface area (Å²) < 4.78 is 12.8. The number of hydrogen-bond acceptors (Lipinski definition) is 6. The SMILES string of the molecule is COCCC1(CNC(=NCc2nnc(C)n2C)NCCN2CCOCC2)CCCC1.I. The molecule has 1 aliphatic carbocycles. The third-order valence-corrected chi connectivity index (χ3v) is 6.52. The molecule has 0 bridgehead atoms. The van der Waals surface area contributed by atoms with Gasteiger partial charge in [-0.15, -0.1) is 34.2 Å². The summed E-state index contributed by atoms with van der Waals surface area (Å²) in [6, 6.07) is 0. The average Bonchev–Trinajstić information content (AvgIpc) is 3.36. The third kappa shape index (κ3) is 8.14. The van der Waals surface area contributed by atoms with Crippen molar-refractivity contribution in [3.63, 3.8) is 0 Å². The molecule has 10 heteroatoms. The van der Waals surface area contributed by atoms with Crippen LogP contribution in [-0.4, -0.2) is 85.3 Å². The minimum Gasteiger partial charge on any atom is -0.385 e. The van der Waals surface area contributed by atoms with Crippen molar-refractivity contribution in [2.45, 2.75) is 45.6 Å². The second-order valence-corrected chi connectivity index (χ2v) is 8.57. The first-order valence-corrected chi connectivity index (χ1v) is 11.3. The number of methoxy groups -OCH3 is 1. The Morgan fingerprint density at radius 1 is 1.19 bits per heavy atom. The lowest BCUT2D eigenvalue weighted by atomic mass is 9.83. The van der Waals surface area contributed by atoms with Gasteiger partial charge in [-0.05, 0) is 31.6 Å². The van der Waals surface area contributed by atoms with Crippen LogP contribution in [0, 0.1) is 12.3 Å². The molecule has 1 saturated heterocycles. The summed E-state index contributed by atoms with van der Waals surface area (Å²) in [4.78, 5) is 7.25. The van der Waals surface area contributed by atoms with Crippen molar-refractivity contribution in [3.8, 4) is 0 Å². The zero-order valence-electron chi connectivity index (χ0n) is 19.4. The fourth-order valence-electron chi connectivity index (χ4n) is 4.30. The van der Waals surface area contributed by atoms with Crippen LogP contribution in [0.4, 0.5) is 0 Å². The molecule has 1 aliphatic heterocycles. The largest absolute Gasteiger partial charge is 0.385 e. The summed E-state index contributed by atoms with van der Waals surface area (Å²) in [7, 11) is 3.77. The topological polar surface area (TPSA) is 88.8 Å². The lowest BCUT2D eigenvalue weighted by Gasteiger charge is -2.30. The van der Waals surface area contributed by atoms with E-state index in [4.69, 9.17) is 14.5 Å². The highest BCUT2D eigenvalue weighted by Crippen LogP contribution is 2.40. The number of ether oxygens (including phenoxy) is 2. The van der Waals surface area contributed by atoms with Gasteiger partial charge in [0.25, 0.3) is 0 Å². The van der Waals surface area contributed by atoms with Crippen LogP contribution in [0.3, 0.4) is 0 Å². The number of rotatable bonds is 10. The predicted molar refractivity (Wildman–Crippen MR) is 133 cm³/mol. The van der Waals surface area contributed by atoms with Gasteiger partial charge in [-0.2, -0.15) is 0 Å². The van der Waals surface area contributed by atoms with E-state index in [-0.39, 0.29) is 24.0 Å². The highest BCUT2D eigenvalue weighted by Gasteiger charge is 2.33. The Kier molecular flexibility index (Phi) is 11.5. The van der Waals surface area contributed by atoms with Gasteiger partial charge in [-0.25, -0.2) is 4.99 Å². The van der Waals surface area contributed by atoms with E-state index >= 15 is 0 Å². The van der Waals surface area contributed by atoms with Crippen molar-refractivity contribution in [1.82, 2.24) is 30.3 Å². The normalized spacial score (nSPS) is 19.3. The predicted octanol–water partition coefficient (Wildman–Crippen LogP) is 1.71. The van der Waals surface area contributed by atoms with Crippen LogP contribution in [-0.2, 0) is 23.1 Å². The molecule has 0 amide bonds. The molecule has 9 nitrogen and oxygen atoms in total. The summed E-state index contributed by atoms with van der Waals surface area (Å²) in [6.45, 7) is 9.71. The zero-order valence-corrected chi connectivity index (χ0v) is 21.7. The van der Waals surface area contributed by atoms with E-state index in [9.17, 15) is 0 Å². The van der Waals surface area contributed by atoms with Gasteiger partial charge in [0.15, 0.2) is 11.8 Å². The Bertz CT molecular complexity index is 671. The smallest absolute Gasteiger partial charge is 0.191 e. The summed E-state index contributed by atoms with van der Waals surface area (Å²) >= 11 is 0. The number of aromatic nitrogens is 3. The quantitative estimate of drug-likeness (QED) is 0.261. The standard InChI is InChI=1S/C21H39N7O2.HI/c1-18-25-26-19(27(18)2)16-23-20(22-9-10-28-11-14-30-15-12-28)24-17-21(8-13-29-3)6-4-5-7-21;/h4-17H2,1-3H3,(H2,22,23,24);1H. The first kappa shape index (κ1) is 26.3. The third-order valence-electron chi connectivity index (χ3n) is 6.52. The second-order valence-electron chi connectivity index (χ2n) is 8.57. The lowest BCUT2D eigenvalue weighted by molar-refractivity contribution is 0.0389. The van der Waals surface area contributed by atoms with Gasteiger partial charge < -0.3 is 24.7 Å². The first-order chi connectivity index (χ1) is 14.6. The molecule has 2 aliphatic rings. The van der Waals surface area contributed by atoms with Gasteiger partial charge >= 0.3 is 0 Å². The molecular formula is C21H40IN7O2. The number of halogens is 1. The van der Waals surface area contributed by atoms with Crippen molar-refractivity contribution in [3.05, 3.63) is 11.6 Å². The lowest BCUT2D eigenvalue weighted by Crippen LogP contribution is -2.47. The molecule has 3 rings (SSSR count). The van der Waals surface area contributed by atoms with Gasteiger partial charge in [0.05, 0.1) is 13.2 Å². The van der Waals surface area contributed by atoms with Crippen LogP contribution in [0.15, 0.2) is 4.99 Å². The molecule has 178 valence electrons. The maximum Gasteiger partial charge on any atom is 0.191 e. The van der Waals surface area contributed by atoms with Gasteiger partial charge in [0.1, 0.15) is 12.4 Å². The maximum atomic E-state index is 5.44. The van der Waals surface area contributed by atoms with Gasteiger partial charge in [0.2, 0.25) is 0 Å². The molecule has 0 radical (unpaired) electrons. The molecule has 2 heterocycles. The molecule has 1 aromatic rings. The molecule has 0 atom stereocenters. The van der Waals surface area contributed by atoms with Crippen LogP contribution in [0.2, 0.25) is 0 Å². The summed E-state index contributed by atoms with van der Waals surface area (Å²) in [5.74, 6) is 2.63. The number of nitrogens with zero attached hydrogens (tertiary/aromatic N) is 5. The summed E-state index contributed by atoms with van der Waals surface area (Å²) in [5, 5.41) is 15.5. The highest BCUT2D eigenvalue weighted by molar-refractivity contribution is 14.0. The fourth-order valence-corrected chi connectivity index (χ4v) is 4.30.